The first-order valence-electron chi connectivity index (χ1n) is 10.9. The lowest BCUT2D eigenvalue weighted by atomic mass is 9.92. The molecule has 6 rings (SSSR count). The number of rotatable bonds is 2. The Kier molecular flexibility index (Phi) is 4.18. The number of imidazole rings is 1. The predicted octanol–water partition coefficient (Wildman–Crippen LogP) is 5.37. The first-order chi connectivity index (χ1) is 15.6. The molecule has 5 nitrogen and oxygen atoms in total. The lowest BCUT2D eigenvalue weighted by Crippen LogP contribution is -2.38. The zero-order valence-corrected chi connectivity index (χ0v) is 18.1. The highest BCUT2D eigenvalue weighted by molar-refractivity contribution is 5.83. The van der Waals surface area contributed by atoms with Crippen LogP contribution in [0.1, 0.15) is 28.4 Å². The van der Waals surface area contributed by atoms with E-state index in [1.54, 1.807) is 6.07 Å². The fourth-order valence-corrected chi connectivity index (χ4v) is 4.96. The lowest BCUT2D eigenvalue weighted by Gasteiger charge is -2.36. The van der Waals surface area contributed by atoms with Crippen molar-refractivity contribution < 1.29 is 4.42 Å². The van der Waals surface area contributed by atoms with E-state index < -0.39 is 0 Å². The van der Waals surface area contributed by atoms with Gasteiger partial charge in [-0.25, -0.2) is 9.78 Å². The third-order valence-electron chi connectivity index (χ3n) is 6.47. The van der Waals surface area contributed by atoms with E-state index in [2.05, 4.69) is 71.8 Å². The molecule has 0 fully saturated rings. The van der Waals surface area contributed by atoms with Crippen LogP contribution in [0, 0.1) is 13.8 Å². The van der Waals surface area contributed by atoms with Crippen LogP contribution >= 0.6 is 0 Å². The van der Waals surface area contributed by atoms with Gasteiger partial charge in [0.25, 0.3) is 0 Å². The Morgan fingerprint density at radius 2 is 1.78 bits per heavy atom. The van der Waals surface area contributed by atoms with Crippen LogP contribution in [-0.4, -0.2) is 16.1 Å². The Balaban J connectivity index is 1.62. The Bertz CT molecular complexity index is 1550. The van der Waals surface area contributed by atoms with Crippen molar-refractivity contribution in [3.8, 4) is 0 Å². The molecule has 0 spiro atoms. The number of aromatic nitrogens is 2. The molecule has 1 unspecified atom stereocenters. The van der Waals surface area contributed by atoms with E-state index in [0.717, 1.165) is 46.6 Å². The minimum atomic E-state index is -0.327. The zero-order chi connectivity index (χ0) is 21.8. The fraction of sp³-hybridized carbons (Fsp3) is 0.185. The maximum absolute atomic E-state index is 12.5. The van der Waals surface area contributed by atoms with Gasteiger partial charge >= 0.3 is 5.63 Å². The second kappa shape index (κ2) is 7.09. The minimum absolute atomic E-state index is 0.0656. The van der Waals surface area contributed by atoms with E-state index in [-0.39, 0.29) is 11.5 Å². The van der Waals surface area contributed by atoms with Gasteiger partial charge in [0.05, 0.1) is 23.6 Å². The summed E-state index contributed by atoms with van der Waals surface area (Å²) in [5, 5.41) is 0.972. The molecular weight excluding hydrogens is 398 g/mol. The number of hydrogen-bond donors (Lipinski definition) is 0. The number of aryl methyl sites for hydroxylation is 2. The lowest BCUT2D eigenvalue weighted by molar-refractivity contribution is 0.516. The molecule has 2 aromatic heterocycles. The van der Waals surface area contributed by atoms with E-state index in [1.807, 2.05) is 18.2 Å². The maximum Gasteiger partial charge on any atom is 0.336 e. The summed E-state index contributed by atoms with van der Waals surface area (Å²) in [6.07, 6.45) is 0. The summed E-state index contributed by atoms with van der Waals surface area (Å²) in [7, 11) is 0. The van der Waals surface area contributed by atoms with Gasteiger partial charge in [0.2, 0.25) is 0 Å². The molecule has 0 saturated heterocycles. The molecule has 1 aliphatic heterocycles. The second-order valence-corrected chi connectivity index (χ2v) is 8.61. The molecular formula is C27H23N3O2. The Hall–Kier alpha value is -3.86. The van der Waals surface area contributed by atoms with E-state index in [1.165, 1.54) is 11.3 Å². The van der Waals surface area contributed by atoms with Gasteiger partial charge in [-0.2, -0.15) is 0 Å². The molecule has 0 saturated carbocycles. The predicted molar refractivity (Wildman–Crippen MR) is 127 cm³/mol. The fourth-order valence-electron chi connectivity index (χ4n) is 4.96. The number of anilines is 1. The van der Waals surface area contributed by atoms with Gasteiger partial charge < -0.3 is 13.9 Å². The Morgan fingerprint density at radius 3 is 2.66 bits per heavy atom. The summed E-state index contributed by atoms with van der Waals surface area (Å²) in [4.78, 5) is 19.9. The van der Waals surface area contributed by atoms with Crippen LogP contribution in [0.3, 0.4) is 0 Å². The van der Waals surface area contributed by atoms with Crippen LogP contribution in [0.25, 0.3) is 22.0 Å². The molecule has 0 amide bonds. The Morgan fingerprint density at radius 1 is 0.969 bits per heavy atom. The van der Waals surface area contributed by atoms with Gasteiger partial charge in [-0.15, -0.1) is 0 Å². The molecule has 0 bridgehead atoms. The summed E-state index contributed by atoms with van der Waals surface area (Å²) in [6.45, 7) is 5.65. The van der Waals surface area contributed by atoms with Gasteiger partial charge in [0.15, 0.2) is 0 Å². The van der Waals surface area contributed by atoms with Crippen molar-refractivity contribution in [1.29, 1.82) is 0 Å². The molecule has 32 heavy (non-hydrogen) atoms. The Labute approximate surface area is 185 Å². The smallest absolute Gasteiger partial charge is 0.336 e. The molecule has 0 N–H and O–H groups in total. The summed E-state index contributed by atoms with van der Waals surface area (Å²) >= 11 is 0. The van der Waals surface area contributed by atoms with Crippen LogP contribution in [0.2, 0.25) is 0 Å². The topological polar surface area (TPSA) is 51.3 Å². The number of nitrogens with zero attached hydrogens (tertiary/aromatic N) is 3. The molecule has 1 atom stereocenters. The number of hydrogen-bond acceptors (Lipinski definition) is 4. The SMILES string of the molecule is Cc1ccc2oc(=O)cc(C3CN(c4ccccc4C)Cn4c3nc3ccccc34)c2c1. The molecule has 3 heterocycles. The molecule has 3 aromatic carbocycles. The number of benzene rings is 3. The molecule has 0 aliphatic carbocycles. The highest BCUT2D eigenvalue weighted by Gasteiger charge is 2.32. The third-order valence-corrected chi connectivity index (χ3v) is 6.47. The summed E-state index contributed by atoms with van der Waals surface area (Å²) in [5.41, 5.74) is 6.90. The van der Waals surface area contributed by atoms with Crippen LogP contribution < -0.4 is 10.5 Å². The van der Waals surface area contributed by atoms with E-state index in [4.69, 9.17) is 9.40 Å². The average Bonchev–Trinajstić information content (AvgIpc) is 3.17. The van der Waals surface area contributed by atoms with Gasteiger partial charge in [0.1, 0.15) is 11.4 Å². The van der Waals surface area contributed by atoms with E-state index >= 15 is 0 Å². The first-order valence-corrected chi connectivity index (χ1v) is 10.9. The zero-order valence-electron chi connectivity index (χ0n) is 18.1. The largest absolute Gasteiger partial charge is 0.423 e. The summed E-state index contributed by atoms with van der Waals surface area (Å²) in [6, 6.07) is 24.3. The van der Waals surface area contributed by atoms with Crippen molar-refractivity contribution in [2.24, 2.45) is 0 Å². The number of para-hydroxylation sites is 3. The van der Waals surface area contributed by atoms with Crippen molar-refractivity contribution in [3.05, 3.63) is 106 Å². The molecule has 5 aromatic rings. The van der Waals surface area contributed by atoms with E-state index in [9.17, 15) is 4.79 Å². The maximum atomic E-state index is 12.5. The van der Waals surface area contributed by atoms with Crippen LogP contribution in [0.4, 0.5) is 5.69 Å². The standard InChI is InChI=1S/C27H23N3O2/c1-17-11-12-25-20(13-17)19(14-26(31)32-25)21-15-29(23-9-5-3-7-18(23)2)16-30-24-10-6-4-8-22(24)28-27(21)30/h3-14,21H,15-16H2,1-2H3. The van der Waals surface area contributed by atoms with E-state index in [0.29, 0.717) is 5.58 Å². The minimum Gasteiger partial charge on any atom is -0.423 e. The second-order valence-electron chi connectivity index (χ2n) is 8.61. The summed E-state index contributed by atoms with van der Waals surface area (Å²) in [5.74, 6) is 0.925. The number of fused-ring (bicyclic) bond motifs is 4. The molecule has 1 aliphatic rings. The van der Waals surface area contributed by atoms with Gasteiger partial charge in [-0.3, -0.25) is 0 Å². The van der Waals surface area contributed by atoms with Gasteiger partial charge in [-0.1, -0.05) is 42.0 Å². The van der Waals surface area contributed by atoms with Crippen molar-refractivity contribution in [2.45, 2.75) is 26.4 Å². The summed E-state index contributed by atoms with van der Waals surface area (Å²) < 4.78 is 7.81. The van der Waals surface area contributed by atoms with Crippen molar-refractivity contribution in [2.75, 3.05) is 11.4 Å². The van der Waals surface area contributed by atoms with Gasteiger partial charge in [0, 0.05) is 23.7 Å². The molecule has 5 heteroatoms. The van der Waals surface area contributed by atoms with Crippen LogP contribution in [0.5, 0.6) is 0 Å². The monoisotopic (exact) mass is 421 g/mol. The van der Waals surface area contributed by atoms with Crippen LogP contribution in [-0.2, 0) is 6.67 Å². The van der Waals surface area contributed by atoms with Crippen molar-refractivity contribution in [3.63, 3.8) is 0 Å². The quantitative estimate of drug-likeness (QED) is 0.360. The van der Waals surface area contributed by atoms with Gasteiger partial charge in [-0.05, 0) is 55.3 Å². The molecule has 158 valence electrons. The van der Waals surface area contributed by atoms with Crippen LogP contribution in [0.15, 0.2) is 82.0 Å². The highest BCUT2D eigenvalue weighted by Crippen LogP contribution is 2.37. The highest BCUT2D eigenvalue weighted by atomic mass is 16.4. The normalized spacial score (nSPS) is 15.9. The average molecular weight is 422 g/mol. The van der Waals surface area contributed by atoms with Crippen molar-refractivity contribution >= 4 is 27.7 Å². The third kappa shape index (κ3) is 2.93. The molecule has 0 radical (unpaired) electrons. The van der Waals surface area contributed by atoms with Crippen molar-refractivity contribution in [1.82, 2.24) is 9.55 Å². The first kappa shape index (κ1) is 18.9.